The van der Waals surface area contributed by atoms with Crippen molar-refractivity contribution in [1.29, 1.82) is 0 Å². The van der Waals surface area contributed by atoms with Gasteiger partial charge in [0.1, 0.15) is 17.6 Å². The van der Waals surface area contributed by atoms with E-state index in [1.54, 1.807) is 43.4 Å². The van der Waals surface area contributed by atoms with Crippen molar-refractivity contribution in [2.24, 2.45) is 0 Å². The number of aliphatic hydroxyl groups excluding tert-OH is 1. The molecule has 2 saturated heterocycles. The smallest absolute Gasteiger partial charge is 0.296 e. The number of ether oxygens (including phenoxy) is 2. The van der Waals surface area contributed by atoms with E-state index >= 15 is 0 Å². The lowest BCUT2D eigenvalue weighted by Gasteiger charge is -2.36. The van der Waals surface area contributed by atoms with E-state index in [2.05, 4.69) is 4.90 Å². The topological polar surface area (TPSA) is 99.6 Å². The minimum absolute atomic E-state index is 0.00805. The zero-order valence-corrected chi connectivity index (χ0v) is 20.9. The van der Waals surface area contributed by atoms with E-state index in [1.807, 2.05) is 13.0 Å². The Morgan fingerprint density at radius 3 is 2.62 bits per heavy atom. The minimum atomic E-state index is -1.74. The van der Waals surface area contributed by atoms with E-state index in [0.29, 0.717) is 56.1 Å². The van der Waals surface area contributed by atoms with Crippen LogP contribution >= 0.6 is 0 Å². The highest BCUT2D eigenvalue weighted by molar-refractivity contribution is 6.50. The summed E-state index contributed by atoms with van der Waals surface area (Å²) in [5, 5.41) is 11.6. The van der Waals surface area contributed by atoms with Crippen LogP contribution in [0, 0.1) is 0 Å². The second-order valence-corrected chi connectivity index (χ2v) is 10.0. The number of likely N-dealkylation sites (tertiary alicyclic amines) is 1. The molecule has 0 radical (unpaired) electrons. The molecule has 4 aliphatic heterocycles. The van der Waals surface area contributed by atoms with Gasteiger partial charge in [-0.05, 0) is 36.8 Å². The Kier molecular flexibility index (Phi) is 5.58. The number of carbonyl (C=O) groups excluding carboxylic acids is 3. The highest BCUT2D eigenvalue weighted by atomic mass is 16.5. The van der Waals surface area contributed by atoms with Crippen molar-refractivity contribution in [3.63, 3.8) is 0 Å². The molecule has 6 rings (SSSR count). The van der Waals surface area contributed by atoms with E-state index in [0.717, 1.165) is 11.3 Å². The molecule has 4 heterocycles. The normalized spacial score (nSPS) is 26.6. The number of anilines is 1. The fraction of sp³-hybridized carbons (Fsp3) is 0.393. The van der Waals surface area contributed by atoms with Crippen molar-refractivity contribution in [2.45, 2.75) is 25.0 Å². The SMILES string of the molecule is C[C@@H]1Cc2cc(C(O)=C3C(=O)C(=O)N(CCN4CCOCC4)[C@@]34C(=O)N(C)c3ccccc34)ccc2O1. The molecule has 2 atom stereocenters. The third-order valence-corrected chi connectivity index (χ3v) is 7.85. The fourth-order valence-electron chi connectivity index (χ4n) is 6.05. The van der Waals surface area contributed by atoms with Crippen LogP contribution in [0.15, 0.2) is 48.0 Å². The number of benzene rings is 2. The maximum absolute atomic E-state index is 14.1. The average Bonchev–Trinajstić information content (AvgIpc) is 3.47. The molecular formula is C28H29N3O6. The second kappa shape index (κ2) is 8.71. The maximum Gasteiger partial charge on any atom is 0.296 e. The molecule has 2 aromatic rings. The van der Waals surface area contributed by atoms with Crippen LogP contribution in [-0.4, -0.2) is 85.0 Å². The summed E-state index contributed by atoms with van der Waals surface area (Å²) in [6.45, 7) is 5.19. The Labute approximate surface area is 214 Å². The molecule has 0 aliphatic carbocycles. The Morgan fingerprint density at radius 2 is 1.84 bits per heavy atom. The summed E-state index contributed by atoms with van der Waals surface area (Å²) < 4.78 is 11.2. The molecule has 0 bridgehead atoms. The predicted molar refractivity (Wildman–Crippen MR) is 135 cm³/mol. The summed E-state index contributed by atoms with van der Waals surface area (Å²) in [4.78, 5) is 46.3. The fourth-order valence-corrected chi connectivity index (χ4v) is 6.05. The van der Waals surface area contributed by atoms with Gasteiger partial charge in [-0.3, -0.25) is 19.3 Å². The number of likely N-dealkylation sites (N-methyl/N-ethyl adjacent to an activating group) is 1. The zero-order valence-electron chi connectivity index (χ0n) is 20.9. The molecule has 37 heavy (non-hydrogen) atoms. The highest BCUT2D eigenvalue weighted by Gasteiger charge is 2.66. The molecule has 2 fully saturated rings. The molecule has 9 heteroatoms. The Hall–Kier alpha value is -3.69. The molecule has 192 valence electrons. The number of para-hydroxylation sites is 1. The van der Waals surface area contributed by atoms with Crippen LogP contribution in [0.3, 0.4) is 0 Å². The zero-order chi connectivity index (χ0) is 25.9. The van der Waals surface area contributed by atoms with Crippen molar-refractivity contribution in [2.75, 3.05) is 51.3 Å². The minimum Gasteiger partial charge on any atom is -0.507 e. The van der Waals surface area contributed by atoms with Gasteiger partial charge in [0.25, 0.3) is 17.6 Å². The van der Waals surface area contributed by atoms with Crippen molar-refractivity contribution in [3.8, 4) is 5.75 Å². The van der Waals surface area contributed by atoms with Gasteiger partial charge in [-0.1, -0.05) is 18.2 Å². The van der Waals surface area contributed by atoms with Crippen LogP contribution in [0.25, 0.3) is 5.76 Å². The van der Waals surface area contributed by atoms with Crippen LogP contribution in [0.4, 0.5) is 5.69 Å². The van der Waals surface area contributed by atoms with Crippen LogP contribution in [0.1, 0.15) is 23.6 Å². The lowest BCUT2D eigenvalue weighted by Crippen LogP contribution is -2.53. The van der Waals surface area contributed by atoms with Crippen molar-refractivity contribution in [1.82, 2.24) is 9.80 Å². The number of aliphatic hydroxyl groups is 1. The van der Waals surface area contributed by atoms with E-state index in [1.165, 1.54) is 9.80 Å². The number of nitrogens with zero attached hydrogens (tertiary/aromatic N) is 3. The first-order valence-electron chi connectivity index (χ1n) is 12.6. The van der Waals surface area contributed by atoms with Gasteiger partial charge in [0.15, 0.2) is 5.54 Å². The second-order valence-electron chi connectivity index (χ2n) is 10.0. The summed E-state index contributed by atoms with van der Waals surface area (Å²) in [5.41, 5.74) is 0.479. The first kappa shape index (κ1) is 23.7. The standard InChI is InChI=1S/C28H29N3O6/c1-17-15-19-16-18(7-8-22(19)37-17)24(32)23-25(33)26(34)31(10-9-30-11-13-36-14-12-30)28(23)20-5-3-4-6-21(20)29(2)27(28)35/h3-8,16-17,32H,9-15H2,1-2H3/t17-,28-/m1/s1. The number of morpholine rings is 1. The van der Waals surface area contributed by atoms with Gasteiger partial charge in [-0.25, -0.2) is 0 Å². The van der Waals surface area contributed by atoms with Crippen LogP contribution in [0.5, 0.6) is 5.75 Å². The van der Waals surface area contributed by atoms with E-state index in [4.69, 9.17) is 9.47 Å². The van der Waals surface area contributed by atoms with Gasteiger partial charge in [-0.15, -0.1) is 0 Å². The lowest BCUT2D eigenvalue weighted by atomic mass is 9.81. The molecular weight excluding hydrogens is 474 g/mol. The summed E-state index contributed by atoms with van der Waals surface area (Å²) in [7, 11) is 1.63. The molecule has 2 aromatic carbocycles. The van der Waals surface area contributed by atoms with Gasteiger partial charge in [0.2, 0.25) is 0 Å². The quantitative estimate of drug-likeness (QED) is 0.387. The van der Waals surface area contributed by atoms with Crippen molar-refractivity contribution < 1.29 is 29.0 Å². The summed E-state index contributed by atoms with van der Waals surface area (Å²) in [6, 6.07) is 12.3. The third-order valence-electron chi connectivity index (χ3n) is 7.85. The van der Waals surface area contributed by atoms with Crippen LogP contribution in [0.2, 0.25) is 0 Å². The molecule has 1 N–H and O–H groups in total. The Morgan fingerprint density at radius 1 is 1.08 bits per heavy atom. The Bertz CT molecular complexity index is 1350. The van der Waals surface area contributed by atoms with Gasteiger partial charge in [0, 0.05) is 56.5 Å². The Balaban J connectivity index is 1.52. The molecule has 9 nitrogen and oxygen atoms in total. The highest BCUT2D eigenvalue weighted by Crippen LogP contribution is 2.53. The molecule has 0 saturated carbocycles. The third kappa shape index (κ3) is 3.41. The van der Waals surface area contributed by atoms with Crippen molar-refractivity contribution >= 4 is 29.0 Å². The molecule has 1 spiro atoms. The average molecular weight is 504 g/mol. The van der Waals surface area contributed by atoms with Gasteiger partial charge in [0.05, 0.1) is 18.8 Å². The number of hydrogen-bond donors (Lipinski definition) is 1. The number of fused-ring (bicyclic) bond motifs is 3. The predicted octanol–water partition coefficient (Wildman–Crippen LogP) is 1.89. The number of ketones is 1. The first-order chi connectivity index (χ1) is 17.8. The lowest BCUT2D eigenvalue weighted by molar-refractivity contribution is -0.144. The van der Waals surface area contributed by atoms with E-state index in [9.17, 15) is 19.5 Å². The van der Waals surface area contributed by atoms with E-state index in [-0.39, 0.29) is 24.0 Å². The molecule has 2 amide bonds. The number of amides is 2. The number of hydrogen-bond acceptors (Lipinski definition) is 7. The van der Waals surface area contributed by atoms with Crippen LogP contribution in [-0.2, 0) is 31.1 Å². The largest absolute Gasteiger partial charge is 0.507 e. The molecule has 0 unspecified atom stereocenters. The van der Waals surface area contributed by atoms with Gasteiger partial charge < -0.3 is 24.4 Å². The van der Waals surface area contributed by atoms with E-state index < -0.39 is 23.1 Å². The molecule has 4 aliphatic rings. The number of Topliss-reactive ketones (excluding diaryl/α,β-unsaturated/α-hetero) is 1. The van der Waals surface area contributed by atoms with Gasteiger partial charge >= 0.3 is 0 Å². The van der Waals surface area contributed by atoms with Crippen LogP contribution < -0.4 is 9.64 Å². The summed E-state index contributed by atoms with van der Waals surface area (Å²) in [6.07, 6.45) is 0.675. The van der Waals surface area contributed by atoms with Crippen molar-refractivity contribution in [3.05, 3.63) is 64.7 Å². The molecule has 0 aromatic heterocycles. The first-order valence-corrected chi connectivity index (χ1v) is 12.6. The van der Waals surface area contributed by atoms with Gasteiger partial charge in [-0.2, -0.15) is 0 Å². The summed E-state index contributed by atoms with van der Waals surface area (Å²) >= 11 is 0. The number of carbonyl (C=O) groups is 3. The summed E-state index contributed by atoms with van der Waals surface area (Å²) in [5.74, 6) is -1.70. The maximum atomic E-state index is 14.1. The monoisotopic (exact) mass is 503 g/mol. The number of rotatable bonds is 4.